The molecule has 2 rings (SSSR count). The van der Waals surface area contributed by atoms with E-state index in [1.54, 1.807) is 6.07 Å². The van der Waals surface area contributed by atoms with Crippen molar-refractivity contribution in [1.29, 1.82) is 5.26 Å². The maximum absolute atomic E-state index is 12.8. The number of carbonyl (C=O) groups excluding carboxylic acids is 1. The molecule has 0 saturated heterocycles. The van der Waals surface area contributed by atoms with E-state index in [4.69, 9.17) is 5.26 Å². The summed E-state index contributed by atoms with van der Waals surface area (Å²) < 4.78 is 44.0. The van der Waals surface area contributed by atoms with Gasteiger partial charge in [0.05, 0.1) is 11.3 Å². The van der Waals surface area contributed by atoms with E-state index in [1.807, 2.05) is 0 Å². The van der Waals surface area contributed by atoms with E-state index in [1.165, 1.54) is 14.0 Å². The van der Waals surface area contributed by atoms with E-state index >= 15 is 0 Å². The quantitative estimate of drug-likeness (QED) is 0.502. The fourth-order valence-corrected chi connectivity index (χ4v) is 2.79. The highest BCUT2D eigenvalue weighted by molar-refractivity contribution is 8.00. The van der Waals surface area contributed by atoms with Crippen LogP contribution in [0.5, 0.6) is 0 Å². The number of aromatic nitrogens is 3. The lowest BCUT2D eigenvalue weighted by Gasteiger charge is -2.10. The molecule has 7 nitrogen and oxygen atoms in total. The summed E-state index contributed by atoms with van der Waals surface area (Å²) in [6.45, 7) is 1.35. The van der Waals surface area contributed by atoms with E-state index < -0.39 is 23.3 Å². The molecule has 0 radical (unpaired) electrons. The molecule has 0 fully saturated rings. The molecule has 0 aliphatic heterocycles. The number of aromatic amines is 1. The minimum Gasteiger partial charge on any atom is -0.286 e. The van der Waals surface area contributed by atoms with E-state index in [2.05, 4.69) is 14.8 Å². The lowest BCUT2D eigenvalue weighted by atomic mass is 10.1. The highest BCUT2D eigenvalue weighted by Gasteiger charge is 2.34. The average molecular weight is 359 g/mol. The summed E-state index contributed by atoms with van der Waals surface area (Å²) >= 11 is 0.649. The Bertz CT molecular complexity index is 895. The number of halogens is 3. The molecule has 0 unspecified atom stereocenters. The number of nitrogens with zero attached hydrogens (tertiary/aromatic N) is 3. The Balaban J connectivity index is 2.33. The van der Waals surface area contributed by atoms with Gasteiger partial charge in [-0.05, 0) is 23.8 Å². The highest BCUT2D eigenvalue weighted by atomic mass is 32.2. The zero-order valence-electron chi connectivity index (χ0n) is 12.4. The number of ketones is 1. The third-order valence-corrected chi connectivity index (χ3v) is 3.97. The Morgan fingerprint density at radius 1 is 1.54 bits per heavy atom. The van der Waals surface area contributed by atoms with Crippen LogP contribution in [0.3, 0.4) is 0 Å². The molecule has 0 atom stereocenters. The largest absolute Gasteiger partial charge is 0.438 e. The van der Waals surface area contributed by atoms with Crippen LogP contribution in [0.25, 0.3) is 0 Å². The van der Waals surface area contributed by atoms with Crippen LogP contribution in [0.2, 0.25) is 0 Å². The van der Waals surface area contributed by atoms with Crippen molar-refractivity contribution in [1.82, 2.24) is 10.3 Å². The summed E-state index contributed by atoms with van der Waals surface area (Å²) in [5.41, 5.74) is -2.28. The second-order valence-electron chi connectivity index (χ2n) is 4.71. The molecular formula is C13H10F3N4O3S+. The van der Waals surface area contributed by atoms with Crippen molar-refractivity contribution in [3.63, 3.8) is 0 Å². The Morgan fingerprint density at radius 2 is 2.21 bits per heavy atom. The SMILES string of the molecule is Cc1cc(C(F)(F)F)nc(SCC(=O)c2c(=O)o[nH][n+]2C)c1C#N. The van der Waals surface area contributed by atoms with Gasteiger partial charge in [0, 0.05) is 0 Å². The molecule has 0 saturated carbocycles. The maximum atomic E-state index is 12.8. The first kappa shape index (κ1) is 17.7. The van der Waals surface area contributed by atoms with Crippen LogP contribution in [0.15, 0.2) is 20.4 Å². The summed E-state index contributed by atoms with van der Waals surface area (Å²) in [6, 6.07) is 2.54. The Hall–Kier alpha value is -2.61. The molecule has 1 N–H and O–H groups in total. The zero-order chi connectivity index (χ0) is 18.1. The summed E-state index contributed by atoms with van der Waals surface area (Å²) in [4.78, 5) is 26.8. The second-order valence-corrected chi connectivity index (χ2v) is 5.68. The molecule has 126 valence electrons. The van der Waals surface area contributed by atoms with Crippen molar-refractivity contribution in [2.75, 3.05) is 5.75 Å². The van der Waals surface area contributed by atoms with Gasteiger partial charge < -0.3 is 0 Å². The Labute approximate surface area is 137 Å². The summed E-state index contributed by atoms with van der Waals surface area (Å²) in [5.74, 6) is -1.04. The number of hydrogen-bond donors (Lipinski definition) is 1. The Morgan fingerprint density at radius 3 is 2.71 bits per heavy atom. The van der Waals surface area contributed by atoms with Crippen LogP contribution in [0.1, 0.15) is 27.3 Å². The van der Waals surface area contributed by atoms with Crippen molar-refractivity contribution in [2.24, 2.45) is 7.05 Å². The maximum Gasteiger partial charge on any atom is 0.438 e. The average Bonchev–Trinajstić information content (AvgIpc) is 2.82. The fourth-order valence-electron chi connectivity index (χ4n) is 1.87. The molecule has 0 aliphatic rings. The number of alkyl halides is 3. The van der Waals surface area contributed by atoms with Gasteiger partial charge in [-0.3, -0.25) is 9.32 Å². The van der Waals surface area contributed by atoms with Crippen LogP contribution in [0.4, 0.5) is 13.2 Å². The van der Waals surface area contributed by atoms with E-state index in [0.29, 0.717) is 11.8 Å². The summed E-state index contributed by atoms with van der Waals surface area (Å²) in [6.07, 6.45) is -4.67. The van der Waals surface area contributed by atoms with Crippen molar-refractivity contribution >= 4 is 17.5 Å². The topological polar surface area (TPSA) is 104 Å². The molecular weight excluding hydrogens is 349 g/mol. The molecule has 0 aliphatic carbocycles. The van der Waals surface area contributed by atoms with Gasteiger partial charge in [0.2, 0.25) is 5.78 Å². The third kappa shape index (κ3) is 3.48. The first-order chi connectivity index (χ1) is 11.1. The number of pyridine rings is 1. The molecule has 2 heterocycles. The van der Waals surface area contributed by atoms with Crippen LogP contribution in [0, 0.1) is 18.3 Å². The van der Waals surface area contributed by atoms with Crippen LogP contribution >= 0.6 is 11.8 Å². The monoisotopic (exact) mass is 359 g/mol. The van der Waals surface area contributed by atoms with Gasteiger partial charge >= 0.3 is 17.5 Å². The first-order valence-corrected chi connectivity index (χ1v) is 7.36. The molecule has 24 heavy (non-hydrogen) atoms. The number of carbonyl (C=O) groups is 1. The predicted molar refractivity (Wildman–Crippen MR) is 74.3 cm³/mol. The smallest absolute Gasteiger partial charge is 0.286 e. The fraction of sp³-hybridized carbons (Fsp3) is 0.308. The number of nitrogens with one attached hydrogen (secondary N) is 1. The van der Waals surface area contributed by atoms with Gasteiger partial charge in [0.25, 0.3) is 0 Å². The minimum absolute atomic E-state index is 0.0497. The number of aryl methyl sites for hydroxylation is 2. The van der Waals surface area contributed by atoms with Crippen molar-refractivity contribution in [3.8, 4) is 6.07 Å². The Kier molecular flexibility index (Phi) is 4.79. The van der Waals surface area contributed by atoms with Crippen LogP contribution in [-0.2, 0) is 13.2 Å². The van der Waals surface area contributed by atoms with Gasteiger partial charge in [-0.1, -0.05) is 16.4 Å². The first-order valence-electron chi connectivity index (χ1n) is 6.37. The second kappa shape index (κ2) is 6.48. The number of Topliss-reactive ketones (excluding diaryl/α,β-unsaturated/α-hetero) is 1. The minimum atomic E-state index is -4.67. The number of H-pyrrole nitrogens is 1. The predicted octanol–water partition coefficient (Wildman–Crippen LogP) is 1.36. The highest BCUT2D eigenvalue weighted by Crippen LogP contribution is 2.32. The van der Waals surface area contributed by atoms with Gasteiger partial charge in [0.15, 0.2) is 7.05 Å². The number of thioether (sulfide) groups is 1. The van der Waals surface area contributed by atoms with E-state index in [9.17, 15) is 22.8 Å². The zero-order valence-corrected chi connectivity index (χ0v) is 13.2. The van der Waals surface area contributed by atoms with Gasteiger partial charge in [-0.25, -0.2) is 9.78 Å². The molecule has 2 aromatic rings. The number of nitriles is 1. The number of hydrogen-bond acceptors (Lipinski definition) is 6. The lowest BCUT2D eigenvalue weighted by molar-refractivity contribution is -0.741. The van der Waals surface area contributed by atoms with Crippen LogP contribution in [-0.4, -0.2) is 21.8 Å². The van der Waals surface area contributed by atoms with Crippen molar-refractivity contribution in [3.05, 3.63) is 39.0 Å². The van der Waals surface area contributed by atoms with E-state index in [0.717, 1.165) is 10.7 Å². The van der Waals surface area contributed by atoms with E-state index in [-0.39, 0.29) is 27.6 Å². The van der Waals surface area contributed by atoms with Gasteiger partial charge in [-0.2, -0.15) is 18.4 Å². The van der Waals surface area contributed by atoms with Crippen LogP contribution < -0.4 is 10.3 Å². The molecule has 0 spiro atoms. The third-order valence-electron chi connectivity index (χ3n) is 2.99. The van der Waals surface area contributed by atoms with Gasteiger partial charge in [-0.15, -0.1) is 0 Å². The summed E-state index contributed by atoms with van der Waals surface area (Å²) in [5, 5.41) is 11.0. The molecule has 0 bridgehead atoms. The summed E-state index contributed by atoms with van der Waals surface area (Å²) in [7, 11) is 1.37. The molecule has 11 heteroatoms. The van der Waals surface area contributed by atoms with Crippen molar-refractivity contribution < 1.29 is 27.2 Å². The molecule has 0 amide bonds. The van der Waals surface area contributed by atoms with Gasteiger partial charge in [0.1, 0.15) is 16.8 Å². The molecule has 2 aromatic heterocycles. The van der Waals surface area contributed by atoms with Crippen molar-refractivity contribution in [2.45, 2.75) is 18.1 Å². The lowest BCUT2D eigenvalue weighted by Crippen LogP contribution is -2.39. The number of rotatable bonds is 4. The molecule has 0 aromatic carbocycles. The normalized spacial score (nSPS) is 11.3. The standard InChI is InChI=1S/C13H9F3N4O3S/c1-6-3-9(13(14,15)16)18-11(7(6)4-17)24-5-8(21)10-12(22)23-19-20(10)2/h3H,5H2,1-2H3/p+1.